The molecular formula is C14H28N2. The van der Waals surface area contributed by atoms with Crippen LogP contribution in [0.3, 0.4) is 0 Å². The van der Waals surface area contributed by atoms with Crippen LogP contribution < -0.4 is 11.1 Å². The molecule has 1 rings (SSSR count). The van der Waals surface area contributed by atoms with Gasteiger partial charge >= 0.3 is 0 Å². The molecule has 2 nitrogen and oxygen atoms in total. The van der Waals surface area contributed by atoms with Crippen LogP contribution in [0, 0.1) is 5.41 Å². The highest BCUT2D eigenvalue weighted by molar-refractivity contribution is 4.98. The molecule has 1 aliphatic rings. The average molecular weight is 224 g/mol. The maximum Gasteiger partial charge on any atom is 0.0309 e. The fourth-order valence-electron chi connectivity index (χ4n) is 2.98. The summed E-state index contributed by atoms with van der Waals surface area (Å²) < 4.78 is 0. The number of hydrogen-bond acceptors (Lipinski definition) is 2. The van der Waals surface area contributed by atoms with Crippen LogP contribution in [-0.2, 0) is 0 Å². The number of nitrogens with two attached hydrogens (primary N) is 1. The molecular weight excluding hydrogens is 196 g/mol. The highest BCUT2D eigenvalue weighted by Gasteiger charge is 2.38. The van der Waals surface area contributed by atoms with Crippen LogP contribution in [0.4, 0.5) is 0 Å². The van der Waals surface area contributed by atoms with E-state index >= 15 is 0 Å². The first kappa shape index (κ1) is 13.7. The van der Waals surface area contributed by atoms with E-state index in [0.717, 1.165) is 19.5 Å². The predicted octanol–water partition coefficient (Wildman–Crippen LogP) is 2.84. The van der Waals surface area contributed by atoms with E-state index in [1.807, 2.05) is 0 Å². The molecule has 0 aliphatic heterocycles. The lowest BCUT2D eigenvalue weighted by Gasteiger charge is -2.45. The summed E-state index contributed by atoms with van der Waals surface area (Å²) in [5, 5.41) is 3.70. The predicted molar refractivity (Wildman–Crippen MR) is 71.5 cm³/mol. The van der Waals surface area contributed by atoms with Gasteiger partial charge < -0.3 is 11.1 Å². The van der Waals surface area contributed by atoms with Gasteiger partial charge in [0.05, 0.1) is 0 Å². The molecule has 1 fully saturated rings. The zero-order valence-electron chi connectivity index (χ0n) is 11.2. The quantitative estimate of drug-likeness (QED) is 0.556. The zero-order valence-corrected chi connectivity index (χ0v) is 11.2. The fourth-order valence-corrected chi connectivity index (χ4v) is 2.98. The van der Waals surface area contributed by atoms with Crippen LogP contribution in [0.15, 0.2) is 12.2 Å². The van der Waals surface area contributed by atoms with Gasteiger partial charge in [0.1, 0.15) is 0 Å². The van der Waals surface area contributed by atoms with E-state index in [0.29, 0.717) is 5.41 Å². The maximum atomic E-state index is 5.99. The molecule has 1 saturated carbocycles. The summed E-state index contributed by atoms with van der Waals surface area (Å²) in [5.74, 6) is 0. The summed E-state index contributed by atoms with van der Waals surface area (Å²) in [7, 11) is 0. The van der Waals surface area contributed by atoms with Crippen molar-refractivity contribution in [3.05, 3.63) is 12.2 Å². The Labute approximate surface area is 101 Å². The molecule has 94 valence electrons. The largest absolute Gasteiger partial charge is 0.329 e. The second-order valence-electron chi connectivity index (χ2n) is 5.96. The Kier molecular flexibility index (Phi) is 5.00. The van der Waals surface area contributed by atoms with E-state index in [1.54, 1.807) is 0 Å². The van der Waals surface area contributed by atoms with E-state index in [4.69, 9.17) is 5.73 Å². The highest BCUT2D eigenvalue weighted by Crippen LogP contribution is 2.40. The standard InChI is InChI=1S/C14H28N2/c1-4-5-6-10-16-14(12-15)9-7-8-13(2,3)11-14/h4-5,16H,6-12,15H2,1-3H3/b5-4+. The van der Waals surface area contributed by atoms with Gasteiger partial charge in [0, 0.05) is 12.1 Å². The number of rotatable bonds is 5. The normalized spacial score (nSPS) is 29.8. The van der Waals surface area contributed by atoms with Crippen LogP contribution in [-0.4, -0.2) is 18.6 Å². The van der Waals surface area contributed by atoms with Crippen molar-refractivity contribution < 1.29 is 0 Å². The minimum atomic E-state index is 0.198. The Bertz CT molecular complexity index is 233. The van der Waals surface area contributed by atoms with Gasteiger partial charge in [-0.1, -0.05) is 32.4 Å². The summed E-state index contributed by atoms with van der Waals surface area (Å²) >= 11 is 0. The third kappa shape index (κ3) is 3.91. The van der Waals surface area contributed by atoms with E-state index in [-0.39, 0.29) is 5.54 Å². The van der Waals surface area contributed by atoms with Gasteiger partial charge in [-0.15, -0.1) is 0 Å². The molecule has 0 heterocycles. The Balaban J connectivity index is 2.49. The highest BCUT2D eigenvalue weighted by atomic mass is 15.0. The minimum Gasteiger partial charge on any atom is -0.329 e. The van der Waals surface area contributed by atoms with Crippen molar-refractivity contribution in [3.8, 4) is 0 Å². The van der Waals surface area contributed by atoms with Crippen molar-refractivity contribution in [1.82, 2.24) is 5.32 Å². The number of hydrogen-bond donors (Lipinski definition) is 2. The van der Waals surface area contributed by atoms with Crippen LogP contribution in [0.2, 0.25) is 0 Å². The van der Waals surface area contributed by atoms with Crippen molar-refractivity contribution >= 4 is 0 Å². The summed E-state index contributed by atoms with van der Waals surface area (Å²) in [6.07, 6.45) is 10.5. The van der Waals surface area contributed by atoms with E-state index in [9.17, 15) is 0 Å². The molecule has 0 aromatic rings. The Morgan fingerprint density at radius 2 is 2.06 bits per heavy atom. The van der Waals surface area contributed by atoms with Crippen LogP contribution in [0.1, 0.15) is 52.9 Å². The molecule has 0 amide bonds. The Morgan fingerprint density at radius 1 is 1.31 bits per heavy atom. The first-order valence-electron chi connectivity index (χ1n) is 6.60. The molecule has 0 radical (unpaired) electrons. The summed E-state index contributed by atoms with van der Waals surface area (Å²) in [6.45, 7) is 8.63. The topological polar surface area (TPSA) is 38.0 Å². The molecule has 3 N–H and O–H groups in total. The summed E-state index contributed by atoms with van der Waals surface area (Å²) in [4.78, 5) is 0. The fraction of sp³-hybridized carbons (Fsp3) is 0.857. The SMILES string of the molecule is C/C=C/CCNC1(CN)CCCC(C)(C)C1. The third-order valence-electron chi connectivity index (χ3n) is 3.76. The maximum absolute atomic E-state index is 5.99. The minimum absolute atomic E-state index is 0.198. The monoisotopic (exact) mass is 224 g/mol. The molecule has 1 unspecified atom stereocenters. The molecule has 0 aromatic heterocycles. The van der Waals surface area contributed by atoms with Gasteiger partial charge in [0.15, 0.2) is 0 Å². The van der Waals surface area contributed by atoms with Crippen molar-refractivity contribution in [2.45, 2.75) is 58.4 Å². The lowest BCUT2D eigenvalue weighted by atomic mass is 9.68. The van der Waals surface area contributed by atoms with Crippen LogP contribution in [0.25, 0.3) is 0 Å². The Hall–Kier alpha value is -0.340. The average Bonchev–Trinajstić information content (AvgIpc) is 2.23. The van der Waals surface area contributed by atoms with Crippen LogP contribution in [0.5, 0.6) is 0 Å². The first-order valence-corrected chi connectivity index (χ1v) is 6.60. The van der Waals surface area contributed by atoms with Crippen molar-refractivity contribution in [2.24, 2.45) is 11.1 Å². The van der Waals surface area contributed by atoms with Gasteiger partial charge in [0.2, 0.25) is 0 Å². The van der Waals surface area contributed by atoms with Crippen molar-refractivity contribution in [1.29, 1.82) is 0 Å². The molecule has 2 heteroatoms. The van der Waals surface area contributed by atoms with Crippen molar-refractivity contribution in [2.75, 3.05) is 13.1 Å². The molecule has 1 aliphatic carbocycles. The van der Waals surface area contributed by atoms with Gasteiger partial charge in [0.25, 0.3) is 0 Å². The van der Waals surface area contributed by atoms with E-state index in [1.165, 1.54) is 25.7 Å². The lowest BCUT2D eigenvalue weighted by Crippen LogP contribution is -2.55. The summed E-state index contributed by atoms with van der Waals surface area (Å²) in [5.41, 5.74) is 6.64. The van der Waals surface area contributed by atoms with Crippen molar-refractivity contribution in [3.63, 3.8) is 0 Å². The van der Waals surface area contributed by atoms with Gasteiger partial charge in [-0.3, -0.25) is 0 Å². The van der Waals surface area contributed by atoms with Gasteiger partial charge in [-0.2, -0.15) is 0 Å². The van der Waals surface area contributed by atoms with Crippen LogP contribution >= 0.6 is 0 Å². The van der Waals surface area contributed by atoms with Gasteiger partial charge in [-0.25, -0.2) is 0 Å². The number of allylic oxidation sites excluding steroid dienone is 1. The molecule has 16 heavy (non-hydrogen) atoms. The lowest BCUT2D eigenvalue weighted by molar-refractivity contribution is 0.125. The molecule has 0 saturated heterocycles. The number of nitrogens with one attached hydrogen (secondary N) is 1. The van der Waals surface area contributed by atoms with E-state index in [2.05, 4.69) is 38.2 Å². The first-order chi connectivity index (χ1) is 7.54. The molecule has 1 atom stereocenters. The third-order valence-corrected chi connectivity index (χ3v) is 3.76. The molecule has 0 aromatic carbocycles. The zero-order chi connectivity index (χ0) is 12.1. The smallest absolute Gasteiger partial charge is 0.0309 e. The van der Waals surface area contributed by atoms with Gasteiger partial charge in [-0.05, 0) is 44.6 Å². The molecule has 0 spiro atoms. The Morgan fingerprint density at radius 3 is 2.62 bits per heavy atom. The summed E-state index contributed by atoms with van der Waals surface area (Å²) in [6, 6.07) is 0. The molecule has 0 bridgehead atoms. The second kappa shape index (κ2) is 5.83. The van der Waals surface area contributed by atoms with E-state index < -0.39 is 0 Å². The second-order valence-corrected chi connectivity index (χ2v) is 5.96.